The Balaban J connectivity index is 1.82. The first-order valence-corrected chi connectivity index (χ1v) is 11.3. The van der Waals surface area contributed by atoms with Gasteiger partial charge in [0.15, 0.2) is 5.95 Å². The number of aliphatic hydroxyl groups excluding tert-OH is 1. The van der Waals surface area contributed by atoms with Crippen molar-refractivity contribution in [3.8, 4) is 0 Å². The third-order valence-electron chi connectivity index (χ3n) is 4.88. The number of imidazole rings is 1. The van der Waals surface area contributed by atoms with Gasteiger partial charge in [-0.05, 0) is 36.1 Å². The molecular formula is C21H29N5O3S. The van der Waals surface area contributed by atoms with Crippen molar-refractivity contribution in [2.24, 2.45) is 11.7 Å². The number of hydrogen-bond donors (Lipinski definition) is 4. The summed E-state index contributed by atoms with van der Waals surface area (Å²) in [6.07, 6.45) is -0.554. The Kier molecular flexibility index (Phi) is 6.77. The second-order valence-corrected chi connectivity index (χ2v) is 9.88. The SMILES string of the molecule is CC(C)CN(C[C@@H](O)[C@@H](N)Cc1ccccc1)S(=O)(=O)c1ccc2nc(N)[nH]c2c1. The molecule has 0 fully saturated rings. The molecule has 2 atom stereocenters. The number of rotatable bonds is 9. The van der Waals surface area contributed by atoms with Crippen molar-refractivity contribution in [3.63, 3.8) is 0 Å². The number of aromatic amines is 1. The maximum absolute atomic E-state index is 13.3. The monoisotopic (exact) mass is 431 g/mol. The minimum Gasteiger partial charge on any atom is -0.390 e. The maximum Gasteiger partial charge on any atom is 0.243 e. The zero-order valence-electron chi connectivity index (χ0n) is 17.2. The van der Waals surface area contributed by atoms with E-state index in [0.29, 0.717) is 17.5 Å². The molecule has 0 aliphatic rings. The summed E-state index contributed by atoms with van der Waals surface area (Å²) in [5.74, 6) is 0.296. The smallest absolute Gasteiger partial charge is 0.243 e. The van der Waals surface area contributed by atoms with E-state index in [1.807, 2.05) is 44.2 Å². The lowest BCUT2D eigenvalue weighted by atomic mass is 10.0. The number of nitrogen functional groups attached to an aromatic ring is 1. The number of H-pyrrole nitrogens is 1. The van der Waals surface area contributed by atoms with Gasteiger partial charge in [0.1, 0.15) is 0 Å². The van der Waals surface area contributed by atoms with Gasteiger partial charge in [0.05, 0.1) is 22.0 Å². The van der Waals surface area contributed by atoms with Crippen LogP contribution in [-0.2, 0) is 16.4 Å². The summed E-state index contributed by atoms with van der Waals surface area (Å²) in [5.41, 5.74) is 14.0. The molecule has 0 bridgehead atoms. The van der Waals surface area contributed by atoms with Gasteiger partial charge in [0.2, 0.25) is 10.0 Å². The second kappa shape index (κ2) is 9.13. The molecule has 0 aliphatic carbocycles. The number of aliphatic hydroxyl groups is 1. The number of anilines is 1. The first kappa shape index (κ1) is 22.2. The van der Waals surface area contributed by atoms with Crippen molar-refractivity contribution >= 4 is 27.0 Å². The molecule has 0 radical (unpaired) electrons. The van der Waals surface area contributed by atoms with Crippen LogP contribution in [0.2, 0.25) is 0 Å². The first-order valence-electron chi connectivity index (χ1n) is 9.89. The molecule has 0 saturated heterocycles. The van der Waals surface area contributed by atoms with Crippen molar-refractivity contribution < 1.29 is 13.5 Å². The van der Waals surface area contributed by atoms with E-state index in [4.69, 9.17) is 11.5 Å². The molecule has 0 amide bonds. The summed E-state index contributed by atoms with van der Waals surface area (Å²) in [4.78, 5) is 7.06. The predicted molar refractivity (Wildman–Crippen MR) is 118 cm³/mol. The average Bonchev–Trinajstić information content (AvgIpc) is 3.07. The Morgan fingerprint density at radius 2 is 1.83 bits per heavy atom. The summed E-state index contributed by atoms with van der Waals surface area (Å²) in [5, 5.41) is 10.7. The van der Waals surface area contributed by atoms with Crippen LogP contribution in [0.25, 0.3) is 11.0 Å². The van der Waals surface area contributed by atoms with Crippen LogP contribution < -0.4 is 11.5 Å². The molecule has 0 unspecified atom stereocenters. The van der Waals surface area contributed by atoms with Gasteiger partial charge >= 0.3 is 0 Å². The van der Waals surface area contributed by atoms with E-state index < -0.39 is 22.2 Å². The Morgan fingerprint density at radius 3 is 2.50 bits per heavy atom. The summed E-state index contributed by atoms with van der Waals surface area (Å²) in [7, 11) is -3.85. The van der Waals surface area contributed by atoms with Gasteiger partial charge in [-0.25, -0.2) is 13.4 Å². The molecule has 9 heteroatoms. The first-order chi connectivity index (χ1) is 14.2. The highest BCUT2D eigenvalue weighted by atomic mass is 32.2. The molecule has 1 aromatic heterocycles. The van der Waals surface area contributed by atoms with E-state index in [-0.39, 0.29) is 29.9 Å². The fraction of sp³-hybridized carbons (Fsp3) is 0.381. The Labute approximate surface area is 177 Å². The van der Waals surface area contributed by atoms with Crippen LogP contribution in [-0.4, -0.2) is 53.0 Å². The molecule has 162 valence electrons. The molecule has 6 N–H and O–H groups in total. The van der Waals surface area contributed by atoms with Crippen LogP contribution in [0.15, 0.2) is 53.4 Å². The lowest BCUT2D eigenvalue weighted by molar-refractivity contribution is 0.116. The highest BCUT2D eigenvalue weighted by Gasteiger charge is 2.29. The zero-order valence-corrected chi connectivity index (χ0v) is 18.0. The van der Waals surface area contributed by atoms with Gasteiger partial charge in [-0.1, -0.05) is 44.2 Å². The summed E-state index contributed by atoms with van der Waals surface area (Å²) in [6.45, 7) is 4.04. The molecule has 2 aromatic carbocycles. The number of benzene rings is 2. The summed E-state index contributed by atoms with van der Waals surface area (Å²) >= 11 is 0. The van der Waals surface area contributed by atoms with Crippen molar-refractivity contribution in [1.82, 2.24) is 14.3 Å². The minimum atomic E-state index is -3.85. The highest BCUT2D eigenvalue weighted by Crippen LogP contribution is 2.23. The van der Waals surface area contributed by atoms with Crippen LogP contribution in [0.5, 0.6) is 0 Å². The normalized spacial score (nSPS) is 14.5. The van der Waals surface area contributed by atoms with Gasteiger partial charge in [0.25, 0.3) is 0 Å². The quantitative estimate of drug-likeness (QED) is 0.407. The highest BCUT2D eigenvalue weighted by molar-refractivity contribution is 7.89. The third kappa shape index (κ3) is 5.17. The standard InChI is InChI=1S/C21H29N5O3S/c1-14(2)12-26(13-20(27)17(22)10-15-6-4-3-5-7-15)30(28,29)16-8-9-18-19(11-16)25-21(23)24-18/h3-9,11,14,17,20,27H,10,12-13,22H2,1-2H3,(H3,23,24,25)/t17-,20+/m0/s1. The van der Waals surface area contributed by atoms with Crippen LogP contribution in [0.3, 0.4) is 0 Å². The zero-order chi connectivity index (χ0) is 21.9. The lowest BCUT2D eigenvalue weighted by Gasteiger charge is -2.28. The summed E-state index contributed by atoms with van der Waals surface area (Å²) in [6, 6.07) is 13.6. The Hall–Kier alpha value is -2.46. The van der Waals surface area contributed by atoms with E-state index in [1.54, 1.807) is 6.07 Å². The topological polar surface area (TPSA) is 138 Å². The number of fused-ring (bicyclic) bond motifs is 1. The van der Waals surface area contributed by atoms with Crippen LogP contribution in [0.4, 0.5) is 5.95 Å². The molecule has 0 aliphatic heterocycles. The largest absolute Gasteiger partial charge is 0.390 e. The van der Waals surface area contributed by atoms with E-state index >= 15 is 0 Å². The predicted octanol–water partition coefficient (Wildman–Crippen LogP) is 1.72. The fourth-order valence-corrected chi connectivity index (χ4v) is 5.01. The minimum absolute atomic E-state index is 0.0730. The van der Waals surface area contributed by atoms with Crippen LogP contribution in [0.1, 0.15) is 19.4 Å². The Bertz CT molecular complexity index is 1080. The molecular weight excluding hydrogens is 402 g/mol. The number of sulfonamides is 1. The average molecular weight is 432 g/mol. The van der Waals surface area contributed by atoms with Crippen LogP contribution in [0, 0.1) is 5.92 Å². The van der Waals surface area contributed by atoms with Crippen molar-refractivity contribution in [3.05, 3.63) is 54.1 Å². The van der Waals surface area contributed by atoms with Gasteiger partial charge in [-0.3, -0.25) is 0 Å². The van der Waals surface area contributed by atoms with Gasteiger partial charge in [0, 0.05) is 19.1 Å². The number of aromatic nitrogens is 2. The van der Waals surface area contributed by atoms with Gasteiger partial charge < -0.3 is 21.6 Å². The van der Waals surface area contributed by atoms with Crippen LogP contribution >= 0.6 is 0 Å². The maximum atomic E-state index is 13.3. The van der Waals surface area contributed by atoms with Crippen molar-refractivity contribution in [2.75, 3.05) is 18.8 Å². The molecule has 8 nitrogen and oxygen atoms in total. The van der Waals surface area contributed by atoms with E-state index in [9.17, 15) is 13.5 Å². The van der Waals surface area contributed by atoms with Crippen molar-refractivity contribution in [2.45, 2.75) is 37.3 Å². The van der Waals surface area contributed by atoms with E-state index in [2.05, 4.69) is 9.97 Å². The number of hydrogen-bond acceptors (Lipinski definition) is 6. The number of nitrogens with one attached hydrogen (secondary N) is 1. The lowest BCUT2D eigenvalue weighted by Crippen LogP contribution is -2.47. The molecule has 0 spiro atoms. The van der Waals surface area contributed by atoms with Crippen molar-refractivity contribution in [1.29, 1.82) is 0 Å². The molecule has 3 rings (SSSR count). The number of nitrogens with zero attached hydrogens (tertiary/aromatic N) is 2. The molecule has 1 heterocycles. The molecule has 30 heavy (non-hydrogen) atoms. The van der Waals surface area contributed by atoms with Gasteiger partial charge in [-0.2, -0.15) is 4.31 Å². The third-order valence-corrected chi connectivity index (χ3v) is 6.71. The molecule has 3 aromatic rings. The van der Waals surface area contributed by atoms with Gasteiger partial charge in [-0.15, -0.1) is 0 Å². The van der Waals surface area contributed by atoms with E-state index in [1.165, 1.54) is 16.4 Å². The Morgan fingerprint density at radius 1 is 1.13 bits per heavy atom. The summed E-state index contributed by atoms with van der Waals surface area (Å²) < 4.78 is 28.0. The second-order valence-electron chi connectivity index (χ2n) is 7.94. The molecule has 0 saturated carbocycles. The fourth-order valence-electron chi connectivity index (χ4n) is 3.36. The van der Waals surface area contributed by atoms with E-state index in [0.717, 1.165) is 5.56 Å². The number of nitrogens with two attached hydrogens (primary N) is 2.